The Bertz CT molecular complexity index is 476. The SMILES string of the molecule is Cc1cc(C)c(C(=O)NCCCC2CCCC2)cc1N. The number of nitrogens with one attached hydrogen (secondary N) is 1. The Labute approximate surface area is 121 Å². The number of nitrogens with two attached hydrogens (primary N) is 1. The third-order valence-electron chi connectivity index (χ3n) is 4.41. The van der Waals surface area contributed by atoms with Gasteiger partial charge >= 0.3 is 0 Å². The molecular formula is C17H26N2O. The van der Waals surface area contributed by atoms with E-state index in [1.165, 1.54) is 32.1 Å². The summed E-state index contributed by atoms with van der Waals surface area (Å²) in [4.78, 5) is 12.2. The molecule has 0 aromatic heterocycles. The molecule has 1 amide bonds. The molecule has 3 nitrogen and oxygen atoms in total. The van der Waals surface area contributed by atoms with E-state index in [9.17, 15) is 4.79 Å². The van der Waals surface area contributed by atoms with E-state index >= 15 is 0 Å². The summed E-state index contributed by atoms with van der Waals surface area (Å²) in [6.45, 7) is 4.69. The molecule has 0 atom stereocenters. The minimum atomic E-state index is 0.000576. The molecule has 110 valence electrons. The van der Waals surface area contributed by atoms with Crippen LogP contribution in [0, 0.1) is 19.8 Å². The summed E-state index contributed by atoms with van der Waals surface area (Å²) in [7, 11) is 0. The molecule has 1 fully saturated rings. The lowest BCUT2D eigenvalue weighted by molar-refractivity contribution is 0.0952. The number of amides is 1. The molecule has 0 spiro atoms. The Hall–Kier alpha value is -1.51. The summed E-state index contributed by atoms with van der Waals surface area (Å²) >= 11 is 0. The average Bonchev–Trinajstić information content (AvgIpc) is 2.92. The largest absolute Gasteiger partial charge is 0.398 e. The van der Waals surface area contributed by atoms with Crippen molar-refractivity contribution in [3.05, 3.63) is 28.8 Å². The predicted molar refractivity (Wildman–Crippen MR) is 83.9 cm³/mol. The van der Waals surface area contributed by atoms with Crippen LogP contribution in [0.2, 0.25) is 0 Å². The predicted octanol–water partition coefficient (Wildman–Crippen LogP) is 3.59. The number of anilines is 1. The number of hydrogen-bond donors (Lipinski definition) is 2. The number of carbonyl (C=O) groups is 1. The third-order valence-corrected chi connectivity index (χ3v) is 4.41. The summed E-state index contributed by atoms with van der Waals surface area (Å²) in [5.41, 5.74) is 9.29. The molecule has 0 aliphatic heterocycles. The normalized spacial score (nSPS) is 15.5. The molecule has 0 radical (unpaired) electrons. The maximum atomic E-state index is 12.2. The van der Waals surface area contributed by atoms with E-state index in [1.807, 2.05) is 19.9 Å². The van der Waals surface area contributed by atoms with E-state index in [-0.39, 0.29) is 5.91 Å². The standard InChI is InChI=1S/C17H26N2O/c1-12-10-13(2)16(18)11-15(12)17(20)19-9-5-8-14-6-3-4-7-14/h10-11,14H,3-9,18H2,1-2H3,(H,19,20). The van der Waals surface area contributed by atoms with Crippen LogP contribution in [0.15, 0.2) is 12.1 Å². The van der Waals surface area contributed by atoms with Gasteiger partial charge < -0.3 is 11.1 Å². The minimum Gasteiger partial charge on any atom is -0.398 e. The number of carbonyl (C=O) groups excluding carboxylic acids is 1. The molecule has 20 heavy (non-hydrogen) atoms. The average molecular weight is 274 g/mol. The second-order valence-electron chi connectivity index (χ2n) is 6.07. The van der Waals surface area contributed by atoms with Gasteiger partial charge in [-0.25, -0.2) is 0 Å². The summed E-state index contributed by atoms with van der Waals surface area (Å²) in [5, 5.41) is 3.02. The second kappa shape index (κ2) is 6.78. The second-order valence-corrected chi connectivity index (χ2v) is 6.07. The highest BCUT2D eigenvalue weighted by Gasteiger charge is 2.15. The van der Waals surface area contributed by atoms with Crippen LogP contribution < -0.4 is 11.1 Å². The van der Waals surface area contributed by atoms with Crippen molar-refractivity contribution in [2.45, 2.75) is 52.4 Å². The third kappa shape index (κ3) is 3.75. The van der Waals surface area contributed by atoms with Crippen LogP contribution in [0.1, 0.15) is 60.0 Å². The van der Waals surface area contributed by atoms with Gasteiger partial charge in [0.15, 0.2) is 0 Å². The van der Waals surface area contributed by atoms with Crippen molar-refractivity contribution in [1.82, 2.24) is 5.32 Å². The van der Waals surface area contributed by atoms with E-state index in [2.05, 4.69) is 5.32 Å². The van der Waals surface area contributed by atoms with Crippen LogP contribution >= 0.6 is 0 Å². The van der Waals surface area contributed by atoms with E-state index < -0.39 is 0 Å². The first kappa shape index (κ1) is 14.9. The first-order valence-corrected chi connectivity index (χ1v) is 7.73. The fraction of sp³-hybridized carbons (Fsp3) is 0.588. The van der Waals surface area contributed by atoms with Gasteiger partial charge in [-0.15, -0.1) is 0 Å². The van der Waals surface area contributed by atoms with E-state index in [0.29, 0.717) is 11.3 Å². The number of benzene rings is 1. The monoisotopic (exact) mass is 274 g/mol. The molecule has 1 aliphatic rings. The van der Waals surface area contributed by atoms with Crippen LogP contribution in [0.25, 0.3) is 0 Å². The molecule has 2 rings (SSSR count). The summed E-state index contributed by atoms with van der Waals surface area (Å²) in [5.74, 6) is 0.893. The molecule has 1 aromatic carbocycles. The molecular weight excluding hydrogens is 248 g/mol. The molecule has 0 unspecified atom stereocenters. The zero-order valence-corrected chi connectivity index (χ0v) is 12.7. The van der Waals surface area contributed by atoms with Crippen LogP contribution in [-0.2, 0) is 0 Å². The molecule has 1 aromatic rings. The molecule has 0 heterocycles. The van der Waals surface area contributed by atoms with Gasteiger partial charge in [-0.05, 0) is 49.8 Å². The molecule has 3 N–H and O–H groups in total. The number of aryl methyl sites for hydroxylation is 2. The maximum absolute atomic E-state index is 12.2. The highest BCUT2D eigenvalue weighted by molar-refractivity contribution is 5.96. The first-order valence-electron chi connectivity index (χ1n) is 7.73. The molecule has 1 saturated carbocycles. The Balaban J connectivity index is 1.81. The van der Waals surface area contributed by atoms with Crippen molar-refractivity contribution in [3.63, 3.8) is 0 Å². The first-order chi connectivity index (χ1) is 9.58. The zero-order chi connectivity index (χ0) is 14.5. The molecule has 3 heteroatoms. The van der Waals surface area contributed by atoms with Crippen molar-refractivity contribution >= 4 is 11.6 Å². The summed E-state index contributed by atoms with van der Waals surface area (Å²) < 4.78 is 0. The van der Waals surface area contributed by atoms with Crippen LogP contribution in [0.3, 0.4) is 0 Å². The fourth-order valence-electron chi connectivity index (χ4n) is 3.10. The Morgan fingerprint density at radius 3 is 2.65 bits per heavy atom. The number of nitrogen functional groups attached to an aromatic ring is 1. The topological polar surface area (TPSA) is 55.1 Å². The van der Waals surface area contributed by atoms with Gasteiger partial charge in [-0.1, -0.05) is 31.7 Å². The Morgan fingerprint density at radius 1 is 1.25 bits per heavy atom. The fourth-order valence-corrected chi connectivity index (χ4v) is 3.10. The van der Waals surface area contributed by atoms with E-state index in [1.54, 1.807) is 6.07 Å². The van der Waals surface area contributed by atoms with Crippen molar-refractivity contribution in [2.75, 3.05) is 12.3 Å². The van der Waals surface area contributed by atoms with Crippen molar-refractivity contribution in [2.24, 2.45) is 5.92 Å². The molecule has 0 bridgehead atoms. The van der Waals surface area contributed by atoms with E-state index in [4.69, 9.17) is 5.73 Å². The zero-order valence-electron chi connectivity index (χ0n) is 12.7. The van der Waals surface area contributed by atoms with E-state index in [0.717, 1.165) is 30.0 Å². The van der Waals surface area contributed by atoms with Gasteiger partial charge in [-0.3, -0.25) is 4.79 Å². The van der Waals surface area contributed by atoms with Crippen molar-refractivity contribution in [1.29, 1.82) is 0 Å². The van der Waals surface area contributed by atoms with Crippen LogP contribution in [-0.4, -0.2) is 12.5 Å². The Morgan fingerprint density at radius 2 is 1.95 bits per heavy atom. The highest BCUT2D eigenvalue weighted by atomic mass is 16.1. The maximum Gasteiger partial charge on any atom is 0.251 e. The highest BCUT2D eigenvalue weighted by Crippen LogP contribution is 2.28. The van der Waals surface area contributed by atoms with Gasteiger partial charge in [0, 0.05) is 17.8 Å². The number of rotatable bonds is 5. The minimum absolute atomic E-state index is 0.000576. The van der Waals surface area contributed by atoms with Crippen molar-refractivity contribution < 1.29 is 4.79 Å². The van der Waals surface area contributed by atoms with Crippen LogP contribution in [0.4, 0.5) is 5.69 Å². The molecule has 0 saturated heterocycles. The van der Waals surface area contributed by atoms with Crippen molar-refractivity contribution in [3.8, 4) is 0 Å². The lowest BCUT2D eigenvalue weighted by Gasteiger charge is -2.12. The van der Waals surface area contributed by atoms with Gasteiger partial charge in [-0.2, -0.15) is 0 Å². The lowest BCUT2D eigenvalue weighted by Crippen LogP contribution is -2.25. The van der Waals surface area contributed by atoms with Gasteiger partial charge in [0.2, 0.25) is 0 Å². The Kier molecular flexibility index (Phi) is 5.05. The smallest absolute Gasteiger partial charge is 0.251 e. The van der Waals surface area contributed by atoms with Crippen LogP contribution in [0.5, 0.6) is 0 Å². The summed E-state index contributed by atoms with van der Waals surface area (Å²) in [6.07, 6.45) is 7.85. The summed E-state index contributed by atoms with van der Waals surface area (Å²) in [6, 6.07) is 3.76. The number of hydrogen-bond acceptors (Lipinski definition) is 2. The lowest BCUT2D eigenvalue weighted by atomic mass is 10.0. The quantitative estimate of drug-likeness (QED) is 0.637. The molecule has 1 aliphatic carbocycles. The van der Waals surface area contributed by atoms with Gasteiger partial charge in [0.1, 0.15) is 0 Å². The van der Waals surface area contributed by atoms with Gasteiger partial charge in [0.05, 0.1) is 0 Å². The van der Waals surface area contributed by atoms with Gasteiger partial charge in [0.25, 0.3) is 5.91 Å².